The van der Waals surface area contributed by atoms with Crippen LogP contribution in [0, 0.1) is 0 Å². The van der Waals surface area contributed by atoms with Gasteiger partial charge in [-0.3, -0.25) is 4.79 Å². The molecule has 1 atom stereocenters. The smallest absolute Gasteiger partial charge is 0.133 e. The van der Waals surface area contributed by atoms with Crippen LogP contribution in [0.4, 0.5) is 0 Å². The van der Waals surface area contributed by atoms with E-state index in [1.165, 1.54) is 23.1 Å². The number of ketones is 1. The summed E-state index contributed by atoms with van der Waals surface area (Å²) >= 11 is 0. The quantitative estimate of drug-likeness (QED) is 0.700. The second-order valence-corrected chi connectivity index (χ2v) is 5.67. The lowest BCUT2D eigenvalue weighted by atomic mass is 9.90. The Labute approximate surface area is 120 Å². The Morgan fingerprint density at radius 3 is 2.25 bits per heavy atom. The van der Waals surface area contributed by atoms with Crippen molar-refractivity contribution < 1.29 is 4.79 Å². The first-order valence-corrected chi connectivity index (χ1v) is 7.50. The molecule has 1 aliphatic rings. The normalized spacial score (nSPS) is 19.6. The molecule has 0 saturated heterocycles. The third kappa shape index (κ3) is 2.98. The van der Waals surface area contributed by atoms with Gasteiger partial charge in [0, 0.05) is 12.8 Å². The Morgan fingerprint density at radius 1 is 0.800 bits per heavy atom. The Bertz CT molecular complexity index is 568. The van der Waals surface area contributed by atoms with Crippen LogP contribution in [0.3, 0.4) is 0 Å². The van der Waals surface area contributed by atoms with E-state index in [-0.39, 0.29) is 0 Å². The highest BCUT2D eigenvalue weighted by atomic mass is 16.1. The molecule has 2 aromatic carbocycles. The maximum Gasteiger partial charge on any atom is 0.133 e. The molecule has 1 unspecified atom stereocenters. The van der Waals surface area contributed by atoms with Gasteiger partial charge in [-0.25, -0.2) is 0 Å². The van der Waals surface area contributed by atoms with Crippen molar-refractivity contribution in [3.05, 3.63) is 60.2 Å². The minimum absolute atomic E-state index is 0.426. The summed E-state index contributed by atoms with van der Waals surface area (Å²) in [5.41, 5.74) is 3.81. The molecule has 0 heterocycles. The first kappa shape index (κ1) is 13.1. The van der Waals surface area contributed by atoms with Gasteiger partial charge in [0.05, 0.1) is 0 Å². The van der Waals surface area contributed by atoms with Gasteiger partial charge in [-0.05, 0) is 35.4 Å². The second kappa shape index (κ2) is 6.04. The molecule has 0 spiro atoms. The minimum atomic E-state index is 0.426. The van der Waals surface area contributed by atoms with Crippen LogP contribution in [-0.2, 0) is 4.79 Å². The summed E-state index contributed by atoms with van der Waals surface area (Å²) in [5.74, 6) is 0.856. The lowest BCUT2D eigenvalue weighted by Gasteiger charge is -2.14. The molecular formula is C19H20O. The van der Waals surface area contributed by atoms with Gasteiger partial charge in [0.2, 0.25) is 0 Å². The van der Waals surface area contributed by atoms with Gasteiger partial charge >= 0.3 is 0 Å². The topological polar surface area (TPSA) is 17.1 Å². The van der Waals surface area contributed by atoms with Crippen molar-refractivity contribution >= 4 is 5.78 Å². The zero-order valence-electron chi connectivity index (χ0n) is 11.7. The zero-order chi connectivity index (χ0) is 13.8. The van der Waals surface area contributed by atoms with E-state index < -0.39 is 0 Å². The average molecular weight is 264 g/mol. The van der Waals surface area contributed by atoms with E-state index in [9.17, 15) is 4.79 Å². The van der Waals surface area contributed by atoms with E-state index in [0.29, 0.717) is 11.7 Å². The van der Waals surface area contributed by atoms with Crippen LogP contribution in [0.5, 0.6) is 0 Å². The molecule has 0 aliphatic heterocycles. The highest BCUT2D eigenvalue weighted by Gasteiger charge is 2.19. The number of Topliss-reactive ketones (excluding diaryl/α,β-unsaturated/α-hetero) is 1. The number of carbonyl (C=O) groups excluding carboxylic acids is 1. The summed E-state index contributed by atoms with van der Waals surface area (Å²) in [6, 6.07) is 19.2. The summed E-state index contributed by atoms with van der Waals surface area (Å²) in [6.45, 7) is 0. The van der Waals surface area contributed by atoms with Crippen LogP contribution < -0.4 is 0 Å². The van der Waals surface area contributed by atoms with Crippen molar-refractivity contribution in [2.45, 2.75) is 38.0 Å². The second-order valence-electron chi connectivity index (χ2n) is 5.67. The van der Waals surface area contributed by atoms with Crippen molar-refractivity contribution in [2.75, 3.05) is 0 Å². The Balaban J connectivity index is 1.80. The third-order valence-electron chi connectivity index (χ3n) is 4.22. The Morgan fingerprint density at radius 2 is 1.50 bits per heavy atom. The van der Waals surface area contributed by atoms with Gasteiger partial charge in [-0.1, -0.05) is 61.0 Å². The summed E-state index contributed by atoms with van der Waals surface area (Å²) in [4.78, 5) is 11.8. The molecule has 0 aromatic heterocycles. The minimum Gasteiger partial charge on any atom is -0.300 e. The van der Waals surface area contributed by atoms with Crippen LogP contribution in [-0.4, -0.2) is 5.78 Å². The van der Waals surface area contributed by atoms with Crippen LogP contribution in [0.15, 0.2) is 54.6 Å². The summed E-state index contributed by atoms with van der Waals surface area (Å²) in [5, 5.41) is 0. The number of hydrogen-bond acceptors (Lipinski definition) is 1. The predicted molar refractivity (Wildman–Crippen MR) is 82.7 cm³/mol. The van der Waals surface area contributed by atoms with E-state index in [1.807, 2.05) is 6.07 Å². The molecule has 0 radical (unpaired) electrons. The Kier molecular flexibility index (Phi) is 3.96. The summed E-state index contributed by atoms with van der Waals surface area (Å²) in [7, 11) is 0. The SMILES string of the molecule is O=C1CCCCC(c2ccc(-c3ccccc3)cc2)C1. The third-order valence-corrected chi connectivity index (χ3v) is 4.22. The maximum atomic E-state index is 11.8. The van der Waals surface area contributed by atoms with Crippen molar-refractivity contribution in [3.63, 3.8) is 0 Å². The van der Waals surface area contributed by atoms with Crippen molar-refractivity contribution in [2.24, 2.45) is 0 Å². The number of hydrogen-bond donors (Lipinski definition) is 0. The number of rotatable bonds is 2. The molecule has 1 heteroatoms. The summed E-state index contributed by atoms with van der Waals surface area (Å²) in [6.07, 6.45) is 4.90. The lowest BCUT2D eigenvalue weighted by Crippen LogP contribution is -2.03. The highest BCUT2D eigenvalue weighted by Crippen LogP contribution is 2.31. The lowest BCUT2D eigenvalue weighted by molar-refractivity contribution is -0.119. The van der Waals surface area contributed by atoms with Crippen LogP contribution in [0.1, 0.15) is 43.6 Å². The molecule has 1 aliphatic carbocycles. The van der Waals surface area contributed by atoms with Gasteiger partial charge < -0.3 is 0 Å². The molecule has 3 rings (SSSR count). The number of carbonyl (C=O) groups is 1. The standard InChI is InChI=1S/C19H20O/c20-19-9-5-4-8-18(14-19)17-12-10-16(11-13-17)15-6-2-1-3-7-15/h1-3,6-7,10-13,18H,4-5,8-9,14H2. The molecule has 20 heavy (non-hydrogen) atoms. The summed E-state index contributed by atoms with van der Waals surface area (Å²) < 4.78 is 0. The van der Waals surface area contributed by atoms with Crippen molar-refractivity contribution in [1.82, 2.24) is 0 Å². The van der Waals surface area contributed by atoms with Gasteiger partial charge in [0.15, 0.2) is 0 Å². The van der Waals surface area contributed by atoms with E-state index in [1.54, 1.807) is 0 Å². The zero-order valence-corrected chi connectivity index (χ0v) is 11.7. The van der Waals surface area contributed by atoms with E-state index in [4.69, 9.17) is 0 Å². The molecule has 0 N–H and O–H groups in total. The largest absolute Gasteiger partial charge is 0.300 e. The van der Waals surface area contributed by atoms with Crippen LogP contribution in [0.2, 0.25) is 0 Å². The molecule has 1 saturated carbocycles. The van der Waals surface area contributed by atoms with Crippen molar-refractivity contribution in [1.29, 1.82) is 0 Å². The van der Waals surface area contributed by atoms with Crippen molar-refractivity contribution in [3.8, 4) is 11.1 Å². The fourth-order valence-electron chi connectivity index (χ4n) is 3.05. The molecule has 1 fully saturated rings. The van der Waals surface area contributed by atoms with Crippen LogP contribution in [0.25, 0.3) is 11.1 Å². The van der Waals surface area contributed by atoms with Gasteiger partial charge in [-0.2, -0.15) is 0 Å². The predicted octanol–water partition coefficient (Wildman–Crippen LogP) is 4.97. The molecule has 0 amide bonds. The van der Waals surface area contributed by atoms with Crippen LogP contribution >= 0.6 is 0 Å². The molecule has 102 valence electrons. The molecule has 1 nitrogen and oxygen atoms in total. The fraction of sp³-hybridized carbons (Fsp3) is 0.316. The monoisotopic (exact) mass is 264 g/mol. The maximum absolute atomic E-state index is 11.8. The first-order valence-electron chi connectivity index (χ1n) is 7.50. The number of benzene rings is 2. The highest BCUT2D eigenvalue weighted by molar-refractivity contribution is 5.79. The van der Waals surface area contributed by atoms with E-state index >= 15 is 0 Å². The first-order chi connectivity index (χ1) is 9.83. The van der Waals surface area contributed by atoms with E-state index in [2.05, 4.69) is 48.5 Å². The van der Waals surface area contributed by atoms with E-state index in [0.717, 1.165) is 25.7 Å². The molecule has 2 aromatic rings. The molecular weight excluding hydrogens is 244 g/mol. The average Bonchev–Trinajstić information content (AvgIpc) is 2.73. The molecule has 0 bridgehead atoms. The van der Waals surface area contributed by atoms with Gasteiger partial charge in [-0.15, -0.1) is 0 Å². The van der Waals surface area contributed by atoms with Gasteiger partial charge in [0.1, 0.15) is 5.78 Å². The van der Waals surface area contributed by atoms with Gasteiger partial charge in [0.25, 0.3) is 0 Å². The fourth-order valence-corrected chi connectivity index (χ4v) is 3.05. The Hall–Kier alpha value is -1.89.